The fourth-order valence-electron chi connectivity index (χ4n) is 6.19. The van der Waals surface area contributed by atoms with Crippen LogP contribution in [-0.4, -0.2) is 61.0 Å². The molecular formula is C33H35ClF5N3O6S. The molecule has 9 nitrogen and oxygen atoms in total. The van der Waals surface area contributed by atoms with Gasteiger partial charge in [-0.25, -0.2) is 39.5 Å². The second-order valence-electron chi connectivity index (χ2n) is 13.1. The Kier molecular flexibility index (Phi) is 10.5. The van der Waals surface area contributed by atoms with Crippen LogP contribution in [0.1, 0.15) is 70.5 Å². The standard InChI is InChI=1S/C33H35ClF5N3O6S/c1-5-47-32(44)25-28(16-8-10-42(11-9-16)49(45,46)19-12-17(13-19)31(43)48-33(2,3)4)40-30(24-22(37)14-18(35)15-23(24)38)41-29(25)20-6-7-21(36)27(39)26(20)34/h6-7,14-17,19,29H,5,8-13H2,1-4H3,(H,40,41). The molecule has 2 aliphatic heterocycles. The van der Waals surface area contributed by atoms with Gasteiger partial charge in [-0.05, 0) is 59.4 Å². The number of piperidine rings is 1. The van der Waals surface area contributed by atoms with E-state index in [0.29, 0.717) is 12.1 Å². The maximum Gasteiger partial charge on any atom is 0.338 e. The van der Waals surface area contributed by atoms with Crippen LogP contribution in [0.4, 0.5) is 22.0 Å². The summed E-state index contributed by atoms with van der Waals surface area (Å²) in [6.45, 7) is 6.58. The molecule has 1 aliphatic carbocycles. The van der Waals surface area contributed by atoms with E-state index < -0.39 is 96.2 Å². The predicted molar refractivity (Wildman–Crippen MR) is 169 cm³/mol. The Balaban J connectivity index is 1.48. The minimum atomic E-state index is -3.82. The summed E-state index contributed by atoms with van der Waals surface area (Å²) in [4.78, 5) is 30.2. The number of rotatable bonds is 8. The first-order chi connectivity index (χ1) is 22.9. The van der Waals surface area contributed by atoms with Crippen LogP contribution in [0.25, 0.3) is 0 Å². The monoisotopic (exact) mass is 731 g/mol. The lowest BCUT2D eigenvalue weighted by atomic mass is 9.85. The third-order valence-corrected chi connectivity index (χ3v) is 11.3. The van der Waals surface area contributed by atoms with Crippen LogP contribution < -0.4 is 5.32 Å². The summed E-state index contributed by atoms with van der Waals surface area (Å²) in [7, 11) is -3.82. The Morgan fingerprint density at radius 3 is 2.20 bits per heavy atom. The highest BCUT2D eigenvalue weighted by molar-refractivity contribution is 7.89. The lowest BCUT2D eigenvalue weighted by molar-refractivity contribution is -0.162. The van der Waals surface area contributed by atoms with E-state index in [1.165, 1.54) is 11.2 Å². The Hall–Kier alpha value is -3.56. The Morgan fingerprint density at radius 2 is 1.63 bits per heavy atom. The maximum atomic E-state index is 15.1. The zero-order valence-corrected chi connectivity index (χ0v) is 28.7. The number of amidine groups is 1. The highest BCUT2D eigenvalue weighted by Crippen LogP contribution is 2.42. The van der Waals surface area contributed by atoms with E-state index in [0.717, 1.165) is 12.1 Å². The summed E-state index contributed by atoms with van der Waals surface area (Å²) >= 11 is 6.19. The molecule has 2 heterocycles. The van der Waals surface area contributed by atoms with Crippen LogP contribution in [0, 0.1) is 40.9 Å². The molecule has 0 radical (unpaired) electrons. The molecule has 1 saturated carbocycles. The van der Waals surface area contributed by atoms with E-state index in [-0.39, 0.29) is 62.2 Å². The average Bonchev–Trinajstić information content (AvgIpc) is 2.97. The van der Waals surface area contributed by atoms with Crippen molar-refractivity contribution < 1.29 is 49.4 Å². The number of ether oxygens (including phenoxy) is 2. The number of allylic oxidation sites excluding steroid dienone is 1. The van der Waals surface area contributed by atoms with Crippen molar-refractivity contribution in [3.63, 3.8) is 0 Å². The number of carbonyl (C=O) groups excluding carboxylic acids is 2. The second kappa shape index (κ2) is 14.0. The molecule has 16 heteroatoms. The smallest absolute Gasteiger partial charge is 0.338 e. The molecule has 0 bridgehead atoms. The maximum absolute atomic E-state index is 15.1. The molecule has 2 aromatic rings. The molecule has 1 N–H and O–H groups in total. The van der Waals surface area contributed by atoms with Crippen LogP contribution in [0.5, 0.6) is 0 Å². The van der Waals surface area contributed by atoms with Crippen LogP contribution in [0.15, 0.2) is 40.5 Å². The second-order valence-corrected chi connectivity index (χ2v) is 15.7. The SMILES string of the molecule is CCOC(=O)C1=C(C2CCN(S(=O)(=O)C3CC(C(=O)OC(C)(C)C)C3)CC2)NC(c2c(F)cc(F)cc2F)=NC1c1ccc(F)c(F)c1Cl. The molecule has 5 rings (SSSR count). The Labute approximate surface area is 285 Å². The van der Waals surface area contributed by atoms with E-state index in [9.17, 15) is 31.2 Å². The number of hydrogen-bond acceptors (Lipinski definition) is 8. The summed E-state index contributed by atoms with van der Waals surface area (Å²) in [6, 6.07) is 1.14. The molecule has 0 amide bonds. The molecule has 0 spiro atoms. The normalized spacial score (nSPS) is 22.2. The molecule has 1 unspecified atom stereocenters. The molecule has 0 aromatic heterocycles. The third kappa shape index (κ3) is 7.48. The van der Waals surface area contributed by atoms with Gasteiger partial charge in [0.15, 0.2) is 11.6 Å². The quantitative estimate of drug-likeness (QED) is 0.198. The first-order valence-corrected chi connectivity index (χ1v) is 17.6. The first-order valence-electron chi connectivity index (χ1n) is 15.7. The zero-order valence-electron chi connectivity index (χ0n) is 27.1. The van der Waals surface area contributed by atoms with Gasteiger partial charge >= 0.3 is 11.9 Å². The number of halogens is 6. The van der Waals surface area contributed by atoms with Gasteiger partial charge in [0, 0.05) is 42.4 Å². The zero-order chi connectivity index (χ0) is 36.0. The number of nitrogens with zero attached hydrogens (tertiary/aromatic N) is 2. The fourth-order valence-corrected chi connectivity index (χ4v) is 8.54. The van der Waals surface area contributed by atoms with Gasteiger partial charge in [0.05, 0.1) is 33.9 Å². The van der Waals surface area contributed by atoms with Crippen molar-refractivity contribution in [2.75, 3.05) is 19.7 Å². The van der Waals surface area contributed by atoms with Crippen LogP contribution in [-0.2, 0) is 29.1 Å². The molecule has 49 heavy (non-hydrogen) atoms. The van der Waals surface area contributed by atoms with Gasteiger partial charge in [-0.2, -0.15) is 0 Å². The Morgan fingerprint density at radius 1 is 1.02 bits per heavy atom. The van der Waals surface area contributed by atoms with Crippen molar-refractivity contribution in [1.82, 2.24) is 9.62 Å². The van der Waals surface area contributed by atoms with Gasteiger partial charge in [0.25, 0.3) is 0 Å². The van der Waals surface area contributed by atoms with Gasteiger partial charge < -0.3 is 14.8 Å². The number of sulfonamides is 1. The van der Waals surface area contributed by atoms with Crippen molar-refractivity contribution in [3.05, 3.63) is 80.8 Å². The van der Waals surface area contributed by atoms with E-state index in [4.69, 9.17) is 21.1 Å². The topological polar surface area (TPSA) is 114 Å². The van der Waals surface area contributed by atoms with E-state index >= 15 is 8.78 Å². The molecule has 1 atom stereocenters. The summed E-state index contributed by atoms with van der Waals surface area (Å²) in [5.74, 6) is -9.65. The lowest BCUT2D eigenvalue weighted by Crippen LogP contribution is -2.50. The van der Waals surface area contributed by atoms with E-state index in [1.807, 2.05) is 0 Å². The fraction of sp³-hybridized carbons (Fsp3) is 0.485. The van der Waals surface area contributed by atoms with Gasteiger partial charge in [0.2, 0.25) is 10.0 Å². The number of hydrogen-bond donors (Lipinski definition) is 1. The first kappa shape index (κ1) is 36.7. The summed E-state index contributed by atoms with van der Waals surface area (Å²) < 4.78 is 112. The number of aliphatic imine (C=N–C) groups is 1. The van der Waals surface area contributed by atoms with Gasteiger partial charge in [0.1, 0.15) is 34.9 Å². The Bertz CT molecular complexity index is 1810. The molecule has 2 aromatic carbocycles. The van der Waals surface area contributed by atoms with E-state index in [1.54, 1.807) is 20.8 Å². The lowest BCUT2D eigenvalue weighted by Gasteiger charge is -2.41. The van der Waals surface area contributed by atoms with Gasteiger partial charge in [-0.1, -0.05) is 17.7 Å². The van der Waals surface area contributed by atoms with Crippen molar-refractivity contribution in [3.8, 4) is 0 Å². The minimum absolute atomic E-state index is 0.00969. The number of carbonyl (C=O) groups is 2. The molecule has 266 valence electrons. The average molecular weight is 732 g/mol. The summed E-state index contributed by atoms with van der Waals surface area (Å²) in [5.41, 5.74) is -1.85. The van der Waals surface area contributed by atoms with Crippen LogP contribution >= 0.6 is 11.6 Å². The number of nitrogens with one attached hydrogen (secondary N) is 1. The van der Waals surface area contributed by atoms with E-state index in [2.05, 4.69) is 10.3 Å². The molecular weight excluding hydrogens is 697 g/mol. The highest BCUT2D eigenvalue weighted by Gasteiger charge is 2.47. The van der Waals surface area contributed by atoms with Crippen molar-refractivity contribution in [2.45, 2.75) is 70.3 Å². The van der Waals surface area contributed by atoms with Gasteiger partial charge in [-0.3, -0.25) is 9.79 Å². The minimum Gasteiger partial charge on any atom is -0.463 e. The van der Waals surface area contributed by atoms with Crippen molar-refractivity contribution in [1.29, 1.82) is 0 Å². The largest absolute Gasteiger partial charge is 0.463 e. The molecule has 3 aliphatic rings. The van der Waals surface area contributed by atoms with Crippen molar-refractivity contribution >= 4 is 39.4 Å². The molecule has 1 saturated heterocycles. The number of benzene rings is 2. The molecule has 2 fully saturated rings. The predicted octanol–water partition coefficient (Wildman–Crippen LogP) is 6.11. The highest BCUT2D eigenvalue weighted by atomic mass is 35.5. The number of esters is 2. The van der Waals surface area contributed by atoms with Gasteiger partial charge in [-0.15, -0.1) is 0 Å². The van der Waals surface area contributed by atoms with Crippen LogP contribution in [0.2, 0.25) is 5.02 Å². The summed E-state index contributed by atoms with van der Waals surface area (Å²) in [6.07, 6.45) is 0.462. The van der Waals surface area contributed by atoms with Crippen molar-refractivity contribution in [2.24, 2.45) is 16.8 Å². The summed E-state index contributed by atoms with van der Waals surface area (Å²) in [5, 5.41) is 1.29. The third-order valence-electron chi connectivity index (χ3n) is 8.65. The van der Waals surface area contributed by atoms with Crippen LogP contribution in [0.3, 0.4) is 0 Å².